The topological polar surface area (TPSA) is 51.2 Å². The van der Waals surface area contributed by atoms with Crippen molar-refractivity contribution in [2.75, 3.05) is 11.9 Å². The zero-order valence-corrected chi connectivity index (χ0v) is 10.8. The maximum atomic E-state index is 11.4. The number of amides is 1. The molecule has 0 radical (unpaired) electrons. The van der Waals surface area contributed by atoms with Crippen LogP contribution in [0, 0.1) is 0 Å². The molecule has 0 bridgehead atoms. The second-order valence-electron chi connectivity index (χ2n) is 3.25. The number of pyridine rings is 1. The van der Waals surface area contributed by atoms with Crippen LogP contribution in [0.2, 0.25) is 0 Å². The van der Waals surface area contributed by atoms with Crippen molar-refractivity contribution in [2.45, 2.75) is 25.1 Å². The summed E-state index contributed by atoms with van der Waals surface area (Å²) in [6.45, 7) is 2.50. The van der Waals surface area contributed by atoms with Crippen LogP contribution in [-0.4, -0.2) is 17.7 Å². The molecule has 1 rings (SSSR count). The van der Waals surface area contributed by atoms with E-state index in [9.17, 15) is 4.79 Å². The third kappa shape index (κ3) is 4.18. The molecule has 1 amide bonds. The Balaban J connectivity index is 2.49. The first kappa shape index (κ1) is 13.0. The molecule has 0 aliphatic carbocycles. The van der Waals surface area contributed by atoms with Crippen molar-refractivity contribution in [3.8, 4) is 0 Å². The highest BCUT2D eigenvalue weighted by atomic mass is 79.9. The van der Waals surface area contributed by atoms with E-state index in [0.29, 0.717) is 17.6 Å². The molecule has 16 heavy (non-hydrogen) atoms. The lowest BCUT2D eigenvalue weighted by atomic mass is 10.3. The van der Waals surface area contributed by atoms with E-state index in [1.165, 1.54) is 0 Å². The molecule has 0 atom stereocenters. The third-order valence-corrected chi connectivity index (χ3v) is 2.52. The van der Waals surface area contributed by atoms with E-state index in [-0.39, 0.29) is 0 Å². The molecule has 4 nitrogen and oxygen atoms in total. The van der Waals surface area contributed by atoms with E-state index >= 15 is 0 Å². The number of ether oxygens (including phenoxy) is 1. The van der Waals surface area contributed by atoms with Crippen LogP contribution in [0.25, 0.3) is 0 Å². The molecule has 0 fully saturated rings. The molecule has 0 aliphatic rings. The summed E-state index contributed by atoms with van der Waals surface area (Å²) >= 11 is 3.31. The lowest BCUT2D eigenvalue weighted by Gasteiger charge is -2.08. The lowest BCUT2D eigenvalue weighted by Crippen LogP contribution is -2.15. The van der Waals surface area contributed by atoms with Gasteiger partial charge in [0.05, 0.1) is 18.0 Å². The van der Waals surface area contributed by atoms with Crippen molar-refractivity contribution < 1.29 is 9.53 Å². The Kier molecular flexibility index (Phi) is 5.85. The van der Waals surface area contributed by atoms with Crippen LogP contribution in [0.5, 0.6) is 0 Å². The Labute approximate surface area is 104 Å². The maximum absolute atomic E-state index is 11.4. The smallest absolute Gasteiger partial charge is 0.411 e. The summed E-state index contributed by atoms with van der Waals surface area (Å²) < 4.78 is 4.99. The van der Waals surface area contributed by atoms with E-state index in [0.717, 1.165) is 18.5 Å². The lowest BCUT2D eigenvalue weighted by molar-refractivity contribution is 0.160. The number of aromatic nitrogens is 1. The van der Waals surface area contributed by atoms with Gasteiger partial charge in [0.25, 0.3) is 0 Å². The summed E-state index contributed by atoms with van der Waals surface area (Å²) in [6.07, 6.45) is 3.15. The quantitative estimate of drug-likeness (QED) is 0.667. The van der Waals surface area contributed by atoms with Gasteiger partial charge in [0, 0.05) is 11.5 Å². The largest absolute Gasteiger partial charge is 0.449 e. The number of hydrogen-bond donors (Lipinski definition) is 1. The average Bonchev–Trinajstić information content (AvgIpc) is 2.30. The molecule has 0 saturated carbocycles. The van der Waals surface area contributed by atoms with Crippen LogP contribution in [-0.2, 0) is 10.1 Å². The normalized spacial score (nSPS) is 9.88. The van der Waals surface area contributed by atoms with Gasteiger partial charge in [-0.1, -0.05) is 29.3 Å². The molecule has 1 N–H and O–H groups in total. The summed E-state index contributed by atoms with van der Waals surface area (Å²) in [4.78, 5) is 15.5. The van der Waals surface area contributed by atoms with Gasteiger partial charge in [-0.2, -0.15) is 0 Å². The molecule has 5 heteroatoms. The Bertz CT molecular complexity index is 345. The van der Waals surface area contributed by atoms with E-state index in [1.807, 2.05) is 6.92 Å². The first-order valence-corrected chi connectivity index (χ1v) is 6.33. The van der Waals surface area contributed by atoms with Crippen molar-refractivity contribution in [3.05, 3.63) is 24.0 Å². The summed E-state index contributed by atoms with van der Waals surface area (Å²) in [5.74, 6) is 0. The van der Waals surface area contributed by atoms with E-state index in [1.54, 1.807) is 18.3 Å². The number of alkyl halides is 1. The minimum absolute atomic E-state index is 0.427. The van der Waals surface area contributed by atoms with Crippen molar-refractivity contribution in [1.82, 2.24) is 4.98 Å². The van der Waals surface area contributed by atoms with Crippen molar-refractivity contribution in [1.29, 1.82) is 0 Å². The van der Waals surface area contributed by atoms with Gasteiger partial charge < -0.3 is 4.74 Å². The number of halogens is 1. The summed E-state index contributed by atoms with van der Waals surface area (Å²) in [5.41, 5.74) is 1.47. The van der Waals surface area contributed by atoms with Gasteiger partial charge in [0.2, 0.25) is 0 Å². The molecule has 1 aromatic rings. The molecule has 0 spiro atoms. The molecular weight excluding hydrogens is 272 g/mol. The maximum Gasteiger partial charge on any atom is 0.411 e. The second-order valence-corrected chi connectivity index (χ2v) is 3.81. The fraction of sp³-hybridized carbons (Fsp3) is 0.455. The minimum atomic E-state index is -0.427. The van der Waals surface area contributed by atoms with E-state index in [4.69, 9.17) is 4.74 Å². The summed E-state index contributed by atoms with van der Waals surface area (Å²) in [7, 11) is 0. The van der Waals surface area contributed by atoms with Crippen LogP contribution in [0.15, 0.2) is 18.3 Å². The van der Waals surface area contributed by atoms with Crippen molar-refractivity contribution in [3.63, 3.8) is 0 Å². The van der Waals surface area contributed by atoms with Gasteiger partial charge in [-0.25, -0.2) is 4.79 Å². The summed E-state index contributed by atoms with van der Waals surface area (Å²) in [6, 6.07) is 3.57. The number of nitrogens with one attached hydrogen (secondary N) is 1. The minimum Gasteiger partial charge on any atom is -0.449 e. The third-order valence-electron chi connectivity index (χ3n) is 1.98. The molecule has 0 unspecified atom stereocenters. The van der Waals surface area contributed by atoms with Gasteiger partial charge >= 0.3 is 6.09 Å². The molecule has 0 saturated heterocycles. The van der Waals surface area contributed by atoms with Crippen molar-refractivity contribution >= 4 is 27.7 Å². The first-order valence-electron chi connectivity index (χ1n) is 5.21. The van der Waals surface area contributed by atoms with Gasteiger partial charge in [0.15, 0.2) is 0 Å². The summed E-state index contributed by atoms with van der Waals surface area (Å²) in [5, 5.41) is 3.26. The van der Waals surface area contributed by atoms with Gasteiger partial charge in [0.1, 0.15) is 0 Å². The SMILES string of the molecule is CCCCOC(=O)Nc1cccnc1CBr. The van der Waals surface area contributed by atoms with Crippen LogP contribution in [0.1, 0.15) is 25.5 Å². The second kappa shape index (κ2) is 7.22. The fourth-order valence-corrected chi connectivity index (χ4v) is 1.56. The Morgan fingerprint density at radius 1 is 1.62 bits per heavy atom. The molecule has 0 aliphatic heterocycles. The highest BCUT2D eigenvalue weighted by molar-refractivity contribution is 9.08. The van der Waals surface area contributed by atoms with Gasteiger partial charge in [-0.3, -0.25) is 10.3 Å². The fourth-order valence-electron chi connectivity index (χ4n) is 1.11. The highest BCUT2D eigenvalue weighted by Crippen LogP contribution is 2.15. The zero-order valence-electron chi connectivity index (χ0n) is 9.20. The monoisotopic (exact) mass is 286 g/mol. The Morgan fingerprint density at radius 2 is 2.44 bits per heavy atom. The molecule has 1 heterocycles. The number of carbonyl (C=O) groups is 1. The van der Waals surface area contributed by atoms with Crippen molar-refractivity contribution in [2.24, 2.45) is 0 Å². The first-order chi connectivity index (χ1) is 7.77. The number of unbranched alkanes of at least 4 members (excludes halogenated alkanes) is 1. The molecular formula is C11H15BrN2O2. The average molecular weight is 287 g/mol. The number of anilines is 1. The molecule has 0 aromatic carbocycles. The highest BCUT2D eigenvalue weighted by Gasteiger charge is 2.06. The number of hydrogen-bond acceptors (Lipinski definition) is 3. The predicted octanol–water partition coefficient (Wildman–Crippen LogP) is 3.33. The number of carbonyl (C=O) groups excluding carboxylic acids is 1. The standard InChI is InChI=1S/C11H15BrN2O2/c1-2-3-7-16-11(15)14-9-5-4-6-13-10(9)8-12/h4-6H,2-3,7-8H2,1H3,(H,14,15). The molecule has 88 valence electrons. The molecule has 1 aromatic heterocycles. The van der Waals surface area contributed by atoms with Gasteiger partial charge in [-0.05, 0) is 18.6 Å². The van der Waals surface area contributed by atoms with E-state index in [2.05, 4.69) is 26.2 Å². The van der Waals surface area contributed by atoms with Crippen LogP contribution in [0.4, 0.5) is 10.5 Å². The predicted molar refractivity (Wildman–Crippen MR) is 66.7 cm³/mol. The van der Waals surface area contributed by atoms with Crippen LogP contribution >= 0.6 is 15.9 Å². The Hall–Kier alpha value is -1.10. The number of nitrogens with zero attached hydrogens (tertiary/aromatic N) is 1. The number of rotatable bonds is 5. The van der Waals surface area contributed by atoms with Crippen LogP contribution in [0.3, 0.4) is 0 Å². The van der Waals surface area contributed by atoms with Gasteiger partial charge in [-0.15, -0.1) is 0 Å². The zero-order chi connectivity index (χ0) is 11.8. The van der Waals surface area contributed by atoms with Crippen LogP contribution < -0.4 is 5.32 Å². The Morgan fingerprint density at radius 3 is 3.12 bits per heavy atom. The van der Waals surface area contributed by atoms with E-state index < -0.39 is 6.09 Å².